The van der Waals surface area contributed by atoms with Crippen LogP contribution in [0.1, 0.15) is 28.1 Å². The number of benzene rings is 1. The molecule has 0 saturated carbocycles. The Labute approximate surface area is 160 Å². The molecule has 140 valence electrons. The number of fused-ring (bicyclic) bond motifs is 1. The molecule has 0 aliphatic heterocycles. The first-order chi connectivity index (χ1) is 13.1. The normalized spacial score (nSPS) is 11.9. The van der Waals surface area contributed by atoms with Crippen molar-refractivity contribution in [2.45, 2.75) is 25.3 Å². The van der Waals surface area contributed by atoms with E-state index in [0.29, 0.717) is 11.3 Å². The van der Waals surface area contributed by atoms with E-state index in [-0.39, 0.29) is 24.5 Å². The lowest BCUT2D eigenvalue weighted by molar-refractivity contribution is -0.145. The van der Waals surface area contributed by atoms with E-state index in [1.54, 1.807) is 12.1 Å². The lowest BCUT2D eigenvalue weighted by Gasteiger charge is -2.16. The van der Waals surface area contributed by atoms with E-state index >= 15 is 0 Å². The predicted molar refractivity (Wildman–Crippen MR) is 104 cm³/mol. The number of hydrogen-bond donors (Lipinski definition) is 2. The largest absolute Gasteiger partial charge is 0.467 e. The molecule has 0 aliphatic carbocycles. The predicted octanol–water partition coefficient (Wildman–Crippen LogP) is 3.09. The Morgan fingerprint density at radius 2 is 1.96 bits per heavy atom. The Bertz CT molecular complexity index is 946. The van der Waals surface area contributed by atoms with Crippen molar-refractivity contribution in [1.29, 1.82) is 0 Å². The van der Waals surface area contributed by atoms with Crippen LogP contribution in [0.25, 0.3) is 10.9 Å². The van der Waals surface area contributed by atoms with Crippen molar-refractivity contribution in [2.75, 3.05) is 7.11 Å². The molecule has 0 spiro atoms. The summed E-state index contributed by atoms with van der Waals surface area (Å²) in [6.45, 7) is 0. The van der Waals surface area contributed by atoms with Crippen LogP contribution < -0.4 is 5.32 Å². The summed E-state index contributed by atoms with van der Waals surface area (Å²) in [6.07, 6.45) is 2.26. The zero-order chi connectivity index (χ0) is 19.2. The summed E-state index contributed by atoms with van der Waals surface area (Å²) in [7, 11) is 1.29. The molecular weight excluding hydrogens is 364 g/mol. The number of methoxy groups -OCH3 is 1. The van der Waals surface area contributed by atoms with Crippen molar-refractivity contribution in [3.8, 4) is 0 Å². The molecule has 0 unspecified atom stereocenters. The number of rotatable bonds is 8. The van der Waals surface area contributed by atoms with Crippen LogP contribution in [0.2, 0.25) is 0 Å². The summed E-state index contributed by atoms with van der Waals surface area (Å²) in [5, 5.41) is 5.51. The number of amides is 1. The zero-order valence-electron chi connectivity index (χ0n) is 14.9. The minimum absolute atomic E-state index is 0.0259. The van der Waals surface area contributed by atoms with E-state index in [0.717, 1.165) is 16.5 Å². The standard InChI is InChI=1S/C20H20N2O4S/c1-26-20(25)16(11-13-12-21-15-6-3-2-5-14(13)15)22-19(24)9-8-17(23)18-7-4-10-27-18/h2-7,10,12,16,21H,8-9,11H2,1H3,(H,22,24)/t16-/m1/s1. The number of para-hydroxylation sites is 1. The van der Waals surface area contributed by atoms with E-state index in [1.165, 1.54) is 18.4 Å². The number of aromatic amines is 1. The number of carbonyl (C=O) groups is 3. The molecular formula is C20H20N2O4S. The Hall–Kier alpha value is -2.93. The van der Waals surface area contributed by atoms with Crippen molar-refractivity contribution in [3.63, 3.8) is 0 Å². The lowest BCUT2D eigenvalue weighted by Crippen LogP contribution is -2.43. The highest BCUT2D eigenvalue weighted by atomic mass is 32.1. The molecule has 1 amide bonds. The fourth-order valence-electron chi connectivity index (χ4n) is 2.91. The number of esters is 1. The van der Waals surface area contributed by atoms with Crippen molar-refractivity contribution in [2.24, 2.45) is 0 Å². The Morgan fingerprint density at radius 3 is 2.70 bits per heavy atom. The molecule has 27 heavy (non-hydrogen) atoms. The second-order valence-electron chi connectivity index (χ2n) is 6.11. The molecule has 0 saturated heterocycles. The third-order valence-corrected chi connectivity index (χ3v) is 5.21. The summed E-state index contributed by atoms with van der Waals surface area (Å²) in [6, 6.07) is 10.5. The number of carbonyl (C=O) groups excluding carboxylic acids is 3. The van der Waals surface area contributed by atoms with Gasteiger partial charge >= 0.3 is 5.97 Å². The molecule has 1 atom stereocenters. The number of ketones is 1. The molecule has 0 fully saturated rings. The second kappa shape index (κ2) is 8.64. The number of hydrogen-bond acceptors (Lipinski definition) is 5. The highest BCUT2D eigenvalue weighted by Crippen LogP contribution is 2.19. The van der Waals surface area contributed by atoms with Gasteiger partial charge in [0, 0.05) is 36.4 Å². The summed E-state index contributed by atoms with van der Waals surface area (Å²) in [5.74, 6) is -0.945. The van der Waals surface area contributed by atoms with Crippen LogP contribution in [0, 0.1) is 0 Å². The maximum atomic E-state index is 12.3. The van der Waals surface area contributed by atoms with Gasteiger partial charge in [-0.15, -0.1) is 11.3 Å². The van der Waals surface area contributed by atoms with Gasteiger partial charge in [0.2, 0.25) is 5.91 Å². The Kier molecular flexibility index (Phi) is 6.03. The minimum Gasteiger partial charge on any atom is -0.467 e. The van der Waals surface area contributed by atoms with Crippen LogP contribution in [0.4, 0.5) is 0 Å². The summed E-state index contributed by atoms with van der Waals surface area (Å²) >= 11 is 1.35. The number of H-pyrrole nitrogens is 1. The second-order valence-corrected chi connectivity index (χ2v) is 7.06. The van der Waals surface area contributed by atoms with Crippen LogP contribution in [0.5, 0.6) is 0 Å². The summed E-state index contributed by atoms with van der Waals surface area (Å²) < 4.78 is 4.83. The average molecular weight is 384 g/mol. The van der Waals surface area contributed by atoms with Gasteiger partial charge in [-0.2, -0.15) is 0 Å². The van der Waals surface area contributed by atoms with Gasteiger partial charge in [-0.25, -0.2) is 4.79 Å². The highest BCUT2D eigenvalue weighted by Gasteiger charge is 2.23. The maximum Gasteiger partial charge on any atom is 0.328 e. The zero-order valence-corrected chi connectivity index (χ0v) is 15.7. The third-order valence-electron chi connectivity index (χ3n) is 4.30. The minimum atomic E-state index is -0.807. The topological polar surface area (TPSA) is 88.3 Å². The van der Waals surface area contributed by atoms with Gasteiger partial charge in [0.15, 0.2) is 5.78 Å². The monoisotopic (exact) mass is 384 g/mol. The van der Waals surface area contributed by atoms with Crippen LogP contribution in [-0.4, -0.2) is 35.8 Å². The molecule has 2 heterocycles. The van der Waals surface area contributed by atoms with Gasteiger partial charge in [-0.05, 0) is 23.1 Å². The van der Waals surface area contributed by atoms with E-state index < -0.39 is 12.0 Å². The van der Waals surface area contributed by atoms with Gasteiger partial charge in [0.1, 0.15) is 6.04 Å². The molecule has 3 aromatic rings. The van der Waals surface area contributed by atoms with Gasteiger partial charge in [0.25, 0.3) is 0 Å². The number of ether oxygens (including phenoxy) is 1. The first-order valence-corrected chi connectivity index (χ1v) is 9.45. The summed E-state index contributed by atoms with van der Waals surface area (Å²) in [4.78, 5) is 40.2. The SMILES string of the molecule is COC(=O)[C@@H](Cc1c[nH]c2ccccc12)NC(=O)CCC(=O)c1cccs1. The summed E-state index contributed by atoms with van der Waals surface area (Å²) in [5.41, 5.74) is 1.87. The molecule has 6 nitrogen and oxygen atoms in total. The van der Waals surface area contributed by atoms with E-state index in [1.807, 2.05) is 35.8 Å². The van der Waals surface area contributed by atoms with Crippen molar-refractivity contribution in [3.05, 3.63) is 58.4 Å². The Balaban J connectivity index is 1.63. The molecule has 2 N–H and O–H groups in total. The maximum absolute atomic E-state index is 12.3. The molecule has 0 radical (unpaired) electrons. The number of nitrogens with one attached hydrogen (secondary N) is 2. The molecule has 0 bridgehead atoms. The Morgan fingerprint density at radius 1 is 1.15 bits per heavy atom. The molecule has 7 heteroatoms. The number of Topliss-reactive ketones (excluding diaryl/α,β-unsaturated/α-hetero) is 1. The van der Waals surface area contributed by atoms with Gasteiger partial charge in [-0.3, -0.25) is 9.59 Å². The quantitative estimate of drug-likeness (QED) is 0.461. The van der Waals surface area contributed by atoms with Crippen LogP contribution in [0.3, 0.4) is 0 Å². The number of aromatic nitrogens is 1. The first kappa shape index (κ1) is 18.8. The van der Waals surface area contributed by atoms with Crippen LogP contribution in [-0.2, 0) is 20.7 Å². The lowest BCUT2D eigenvalue weighted by atomic mass is 10.0. The van der Waals surface area contributed by atoms with Crippen LogP contribution in [0.15, 0.2) is 48.0 Å². The highest BCUT2D eigenvalue weighted by molar-refractivity contribution is 7.12. The number of thiophene rings is 1. The van der Waals surface area contributed by atoms with Crippen LogP contribution >= 0.6 is 11.3 Å². The smallest absolute Gasteiger partial charge is 0.328 e. The van der Waals surface area contributed by atoms with Gasteiger partial charge in [0.05, 0.1) is 12.0 Å². The average Bonchev–Trinajstić information content (AvgIpc) is 3.35. The van der Waals surface area contributed by atoms with Gasteiger partial charge < -0.3 is 15.0 Å². The van der Waals surface area contributed by atoms with Crippen molar-refractivity contribution < 1.29 is 19.1 Å². The van der Waals surface area contributed by atoms with Crippen molar-refractivity contribution >= 4 is 39.9 Å². The fraction of sp³-hybridized carbons (Fsp3) is 0.250. The first-order valence-electron chi connectivity index (χ1n) is 8.57. The van der Waals surface area contributed by atoms with E-state index in [2.05, 4.69) is 10.3 Å². The third kappa shape index (κ3) is 4.62. The van der Waals surface area contributed by atoms with Gasteiger partial charge in [-0.1, -0.05) is 24.3 Å². The van der Waals surface area contributed by atoms with Crippen molar-refractivity contribution in [1.82, 2.24) is 10.3 Å². The molecule has 3 rings (SSSR count). The molecule has 0 aliphatic rings. The molecule has 2 aromatic heterocycles. The van der Waals surface area contributed by atoms with E-state index in [4.69, 9.17) is 4.74 Å². The molecule has 1 aromatic carbocycles. The fourth-order valence-corrected chi connectivity index (χ4v) is 3.60. The van der Waals surface area contributed by atoms with E-state index in [9.17, 15) is 14.4 Å².